The molecule has 0 radical (unpaired) electrons. The van der Waals surface area contributed by atoms with Crippen molar-refractivity contribution < 1.29 is 14.6 Å². The van der Waals surface area contributed by atoms with E-state index < -0.39 is 0 Å². The Morgan fingerprint density at radius 1 is 1.26 bits per heavy atom. The summed E-state index contributed by atoms with van der Waals surface area (Å²) < 4.78 is 5.07. The van der Waals surface area contributed by atoms with E-state index in [9.17, 15) is 9.90 Å². The first kappa shape index (κ1) is 17.0. The van der Waals surface area contributed by atoms with Crippen LogP contribution in [0.1, 0.15) is 40.4 Å². The number of aromatic hydroxyl groups is 1. The van der Waals surface area contributed by atoms with Gasteiger partial charge in [0.2, 0.25) is 0 Å². The van der Waals surface area contributed by atoms with Gasteiger partial charge in [0.1, 0.15) is 0 Å². The van der Waals surface area contributed by atoms with Crippen LogP contribution in [0.3, 0.4) is 0 Å². The van der Waals surface area contributed by atoms with Crippen molar-refractivity contribution >= 4 is 23.0 Å². The molecule has 0 unspecified atom stereocenters. The van der Waals surface area contributed by atoms with Crippen LogP contribution in [-0.2, 0) is 0 Å². The maximum absolute atomic E-state index is 12.7. The van der Waals surface area contributed by atoms with Gasteiger partial charge >= 0.3 is 0 Å². The number of carbonyl (C=O) groups is 1. The van der Waals surface area contributed by atoms with Crippen molar-refractivity contribution in [2.75, 3.05) is 7.11 Å². The molecule has 2 N–H and O–H groups in total. The van der Waals surface area contributed by atoms with Gasteiger partial charge in [-0.25, -0.2) is 5.43 Å². The Balaban J connectivity index is 1.60. The van der Waals surface area contributed by atoms with Crippen molar-refractivity contribution in [3.8, 4) is 11.5 Å². The minimum atomic E-state index is -0.311. The zero-order chi connectivity index (χ0) is 18.8. The van der Waals surface area contributed by atoms with Crippen LogP contribution < -0.4 is 10.2 Å². The number of hydrazone groups is 1. The average Bonchev–Trinajstić information content (AvgIpc) is 3.53. The number of benzene rings is 2. The summed E-state index contributed by atoms with van der Waals surface area (Å²) in [5, 5.41) is 14.9. The number of nitrogens with one attached hydrogen (secondary N) is 1. The molecule has 1 aliphatic rings. The molecule has 0 saturated heterocycles. The standard InChI is InChI=1S/C21H19N3O3/c1-27-19-8-4-5-14(20(19)25)12-22-24-21(26)16-11-18(13-9-10-13)23-17-7-3-2-6-15(16)17/h2-8,11-13,25H,9-10H2,1H3,(H,24,26)/b22-12-. The number of pyridine rings is 1. The number of phenols is 1. The van der Waals surface area contributed by atoms with Crippen LogP contribution in [0.4, 0.5) is 0 Å². The van der Waals surface area contributed by atoms with Crippen LogP contribution in [0.25, 0.3) is 10.9 Å². The number of carbonyl (C=O) groups excluding carboxylic acids is 1. The van der Waals surface area contributed by atoms with Gasteiger partial charge in [-0.2, -0.15) is 5.10 Å². The lowest BCUT2D eigenvalue weighted by Crippen LogP contribution is -2.18. The molecule has 0 spiro atoms. The van der Waals surface area contributed by atoms with Gasteiger partial charge in [-0.05, 0) is 37.1 Å². The minimum Gasteiger partial charge on any atom is -0.504 e. The number of amides is 1. The van der Waals surface area contributed by atoms with Gasteiger partial charge in [-0.3, -0.25) is 9.78 Å². The van der Waals surface area contributed by atoms with Gasteiger partial charge in [0.05, 0.1) is 24.4 Å². The second kappa shape index (κ2) is 7.07. The predicted octanol–water partition coefficient (Wildman–Crippen LogP) is 3.59. The van der Waals surface area contributed by atoms with E-state index in [2.05, 4.69) is 15.5 Å². The van der Waals surface area contributed by atoms with Crippen molar-refractivity contribution in [2.24, 2.45) is 5.10 Å². The Hall–Kier alpha value is -3.41. The molecule has 27 heavy (non-hydrogen) atoms. The minimum absolute atomic E-state index is 0.0246. The number of nitrogens with zero attached hydrogens (tertiary/aromatic N) is 2. The molecule has 6 heteroatoms. The van der Waals surface area contributed by atoms with Gasteiger partial charge in [0.15, 0.2) is 11.5 Å². The fourth-order valence-corrected chi connectivity index (χ4v) is 3.00. The molecule has 1 amide bonds. The molecule has 136 valence electrons. The van der Waals surface area contributed by atoms with Gasteiger partial charge in [0, 0.05) is 22.6 Å². The molecule has 1 fully saturated rings. The fraction of sp³-hybridized carbons (Fsp3) is 0.190. The topological polar surface area (TPSA) is 83.8 Å². The Morgan fingerprint density at radius 2 is 2.07 bits per heavy atom. The molecule has 2 aromatic carbocycles. The lowest BCUT2D eigenvalue weighted by molar-refractivity contribution is 0.0956. The monoisotopic (exact) mass is 361 g/mol. The molecule has 3 aromatic rings. The number of hydrogen-bond donors (Lipinski definition) is 2. The maximum atomic E-state index is 12.7. The number of phenolic OH excluding ortho intramolecular Hbond substituents is 1. The maximum Gasteiger partial charge on any atom is 0.272 e. The van der Waals surface area contributed by atoms with Crippen LogP contribution in [0.5, 0.6) is 11.5 Å². The normalized spacial score (nSPS) is 13.8. The third-order valence-corrected chi connectivity index (χ3v) is 4.60. The Kier molecular flexibility index (Phi) is 4.46. The summed E-state index contributed by atoms with van der Waals surface area (Å²) in [6.07, 6.45) is 3.61. The number of aromatic nitrogens is 1. The van der Waals surface area contributed by atoms with Crippen molar-refractivity contribution in [3.63, 3.8) is 0 Å². The van der Waals surface area contributed by atoms with Crippen LogP contribution in [-0.4, -0.2) is 29.3 Å². The zero-order valence-electron chi connectivity index (χ0n) is 14.8. The largest absolute Gasteiger partial charge is 0.504 e. The van der Waals surface area contributed by atoms with Crippen LogP contribution in [0.15, 0.2) is 53.6 Å². The summed E-state index contributed by atoms with van der Waals surface area (Å²) in [5.74, 6) is 0.454. The summed E-state index contributed by atoms with van der Waals surface area (Å²) in [6.45, 7) is 0. The molecule has 1 aliphatic carbocycles. The molecule has 0 atom stereocenters. The van der Waals surface area contributed by atoms with E-state index in [4.69, 9.17) is 4.74 Å². The van der Waals surface area contributed by atoms with E-state index in [1.54, 1.807) is 18.2 Å². The van der Waals surface area contributed by atoms with Crippen molar-refractivity contribution in [1.82, 2.24) is 10.4 Å². The van der Waals surface area contributed by atoms with E-state index >= 15 is 0 Å². The number of fused-ring (bicyclic) bond motifs is 1. The number of para-hydroxylation sites is 2. The molecule has 1 aromatic heterocycles. The summed E-state index contributed by atoms with van der Waals surface area (Å²) >= 11 is 0. The third-order valence-electron chi connectivity index (χ3n) is 4.60. The highest BCUT2D eigenvalue weighted by Crippen LogP contribution is 2.40. The second-order valence-electron chi connectivity index (χ2n) is 6.48. The average molecular weight is 361 g/mol. The van der Waals surface area contributed by atoms with Crippen molar-refractivity contribution in [3.05, 3.63) is 65.4 Å². The molecule has 0 aliphatic heterocycles. The van der Waals surface area contributed by atoms with Gasteiger partial charge in [-0.1, -0.05) is 24.3 Å². The molecular weight excluding hydrogens is 342 g/mol. The van der Waals surface area contributed by atoms with Crippen molar-refractivity contribution in [2.45, 2.75) is 18.8 Å². The van der Waals surface area contributed by atoms with Gasteiger partial charge in [0.25, 0.3) is 5.91 Å². The molecule has 1 saturated carbocycles. The first-order chi connectivity index (χ1) is 13.2. The number of rotatable bonds is 5. The molecule has 0 bridgehead atoms. The highest BCUT2D eigenvalue weighted by molar-refractivity contribution is 6.06. The number of methoxy groups -OCH3 is 1. The van der Waals surface area contributed by atoms with Crippen molar-refractivity contribution in [1.29, 1.82) is 0 Å². The smallest absolute Gasteiger partial charge is 0.272 e. The predicted molar refractivity (Wildman–Crippen MR) is 103 cm³/mol. The molecular formula is C21H19N3O3. The summed E-state index contributed by atoms with van der Waals surface area (Å²) in [5.41, 5.74) is 5.30. The highest BCUT2D eigenvalue weighted by atomic mass is 16.5. The van der Waals surface area contributed by atoms with E-state index in [1.165, 1.54) is 13.3 Å². The third kappa shape index (κ3) is 3.46. The first-order valence-corrected chi connectivity index (χ1v) is 8.76. The second-order valence-corrected chi connectivity index (χ2v) is 6.48. The van der Waals surface area contributed by atoms with Gasteiger partial charge < -0.3 is 9.84 Å². The fourth-order valence-electron chi connectivity index (χ4n) is 3.00. The SMILES string of the molecule is COc1cccc(/C=N\NC(=O)c2cc(C3CC3)nc3ccccc23)c1O. The first-order valence-electron chi connectivity index (χ1n) is 8.76. The van der Waals surface area contributed by atoms with E-state index in [0.717, 1.165) is 29.4 Å². The van der Waals surface area contributed by atoms with E-state index in [1.807, 2.05) is 30.3 Å². The zero-order valence-corrected chi connectivity index (χ0v) is 14.8. The highest BCUT2D eigenvalue weighted by Gasteiger charge is 2.26. The van der Waals surface area contributed by atoms with Gasteiger partial charge in [-0.15, -0.1) is 0 Å². The molecule has 1 heterocycles. The number of ether oxygens (including phenoxy) is 1. The van der Waals surface area contributed by atoms with Crippen LogP contribution in [0.2, 0.25) is 0 Å². The Morgan fingerprint density at radius 3 is 2.85 bits per heavy atom. The quantitative estimate of drug-likeness (QED) is 0.537. The lowest BCUT2D eigenvalue weighted by Gasteiger charge is -2.08. The molecule has 6 nitrogen and oxygen atoms in total. The van der Waals surface area contributed by atoms with E-state index in [-0.39, 0.29) is 11.7 Å². The molecule has 4 rings (SSSR count). The summed E-state index contributed by atoms with van der Waals surface area (Å²) in [4.78, 5) is 17.4. The van der Waals surface area contributed by atoms with Crippen LogP contribution in [0, 0.1) is 0 Å². The van der Waals surface area contributed by atoms with Crippen LogP contribution >= 0.6 is 0 Å². The summed E-state index contributed by atoms with van der Waals surface area (Å²) in [7, 11) is 1.48. The Bertz CT molecular complexity index is 1040. The summed E-state index contributed by atoms with van der Waals surface area (Å²) in [6, 6.07) is 14.5. The number of hydrogen-bond acceptors (Lipinski definition) is 5. The van der Waals surface area contributed by atoms with E-state index in [0.29, 0.717) is 22.8 Å². The lowest BCUT2D eigenvalue weighted by atomic mass is 10.1. The Labute approximate surface area is 156 Å².